The molecule has 2 unspecified atom stereocenters. The summed E-state index contributed by atoms with van der Waals surface area (Å²) < 4.78 is 2.09. The van der Waals surface area contributed by atoms with E-state index < -0.39 is 6.04 Å². The van der Waals surface area contributed by atoms with Gasteiger partial charge in [0.15, 0.2) is 0 Å². The molecule has 0 aliphatic carbocycles. The fourth-order valence-electron chi connectivity index (χ4n) is 3.40. The molecule has 0 fully saturated rings. The lowest BCUT2D eigenvalue weighted by Gasteiger charge is -2.23. The highest BCUT2D eigenvalue weighted by atomic mass is 16.2. The van der Waals surface area contributed by atoms with E-state index in [2.05, 4.69) is 20.2 Å². The minimum absolute atomic E-state index is 0.0264. The summed E-state index contributed by atoms with van der Waals surface area (Å²) >= 11 is 0. The molecule has 3 aromatic rings. The number of aromatic nitrogens is 2. The predicted octanol–water partition coefficient (Wildman–Crippen LogP) is 3.31. The van der Waals surface area contributed by atoms with Gasteiger partial charge in [0.2, 0.25) is 5.91 Å². The number of fused-ring (bicyclic) bond motifs is 1. The lowest BCUT2D eigenvalue weighted by molar-refractivity contribution is -0.124. The molecule has 2 N–H and O–H groups in total. The van der Waals surface area contributed by atoms with E-state index in [0.29, 0.717) is 18.7 Å². The van der Waals surface area contributed by atoms with Crippen molar-refractivity contribution in [2.75, 3.05) is 6.54 Å². The van der Waals surface area contributed by atoms with E-state index in [1.165, 1.54) is 0 Å². The molecule has 2 amide bonds. The molecule has 0 saturated carbocycles. The van der Waals surface area contributed by atoms with Gasteiger partial charge in [-0.15, -0.1) is 0 Å². The Labute approximate surface area is 171 Å². The molecule has 2 atom stereocenters. The van der Waals surface area contributed by atoms with Crippen LogP contribution in [-0.4, -0.2) is 34.0 Å². The number of hydrogen-bond acceptors (Lipinski definition) is 3. The van der Waals surface area contributed by atoms with Crippen LogP contribution in [0.3, 0.4) is 0 Å². The van der Waals surface area contributed by atoms with Gasteiger partial charge in [-0.05, 0) is 37.1 Å². The van der Waals surface area contributed by atoms with Gasteiger partial charge in [-0.25, -0.2) is 4.98 Å². The topological polar surface area (TPSA) is 76.0 Å². The zero-order valence-corrected chi connectivity index (χ0v) is 17.2. The largest absolute Gasteiger partial charge is 0.353 e. The van der Waals surface area contributed by atoms with Crippen molar-refractivity contribution in [3.63, 3.8) is 0 Å². The Morgan fingerprint density at radius 2 is 1.76 bits per heavy atom. The van der Waals surface area contributed by atoms with Crippen LogP contribution in [0, 0.1) is 12.8 Å². The molecule has 2 aromatic carbocycles. The number of nitrogens with zero attached hydrogens (tertiary/aromatic N) is 2. The van der Waals surface area contributed by atoms with Crippen molar-refractivity contribution in [3.05, 3.63) is 66.0 Å². The van der Waals surface area contributed by atoms with Gasteiger partial charge in [0, 0.05) is 18.7 Å². The first-order valence-corrected chi connectivity index (χ1v) is 10.1. The Balaban J connectivity index is 1.64. The Bertz CT molecular complexity index is 981. The lowest BCUT2D eigenvalue weighted by atomic mass is 9.98. The van der Waals surface area contributed by atoms with E-state index in [9.17, 15) is 9.59 Å². The average Bonchev–Trinajstić information content (AvgIpc) is 3.07. The summed E-state index contributed by atoms with van der Waals surface area (Å²) in [4.78, 5) is 29.9. The second-order valence-corrected chi connectivity index (χ2v) is 7.29. The van der Waals surface area contributed by atoms with Crippen LogP contribution >= 0.6 is 0 Å². The maximum Gasteiger partial charge on any atom is 0.251 e. The molecular formula is C23H28N4O2. The zero-order valence-electron chi connectivity index (χ0n) is 17.2. The SMILES string of the molecule is CCC(C)C(NC(=O)c1ccccc1)C(=O)NCCn1c(C)nc2ccccc21. The molecule has 0 aliphatic heterocycles. The molecule has 1 heterocycles. The van der Waals surface area contributed by atoms with Gasteiger partial charge in [-0.3, -0.25) is 9.59 Å². The van der Waals surface area contributed by atoms with Crippen LogP contribution in [-0.2, 0) is 11.3 Å². The summed E-state index contributed by atoms with van der Waals surface area (Å²) in [5.41, 5.74) is 2.55. The van der Waals surface area contributed by atoms with Crippen molar-refractivity contribution in [3.8, 4) is 0 Å². The average molecular weight is 393 g/mol. The number of benzene rings is 2. The zero-order chi connectivity index (χ0) is 20.8. The van der Waals surface area contributed by atoms with Gasteiger partial charge >= 0.3 is 0 Å². The number of carbonyl (C=O) groups excluding carboxylic acids is 2. The lowest BCUT2D eigenvalue weighted by Crippen LogP contribution is -2.50. The smallest absolute Gasteiger partial charge is 0.251 e. The molecule has 0 spiro atoms. The minimum atomic E-state index is -0.576. The predicted molar refractivity (Wildman–Crippen MR) is 115 cm³/mol. The van der Waals surface area contributed by atoms with Crippen LogP contribution in [0.2, 0.25) is 0 Å². The number of hydrogen-bond donors (Lipinski definition) is 2. The third-order valence-corrected chi connectivity index (χ3v) is 5.30. The van der Waals surface area contributed by atoms with Crippen molar-refractivity contribution >= 4 is 22.8 Å². The van der Waals surface area contributed by atoms with E-state index in [1.807, 2.05) is 63.2 Å². The number of amides is 2. The van der Waals surface area contributed by atoms with Crippen LogP contribution in [0.25, 0.3) is 11.0 Å². The van der Waals surface area contributed by atoms with Crippen molar-refractivity contribution in [1.82, 2.24) is 20.2 Å². The third-order valence-electron chi connectivity index (χ3n) is 5.30. The standard InChI is InChI=1S/C23H28N4O2/c1-4-16(2)21(26-22(28)18-10-6-5-7-11-18)23(29)24-14-15-27-17(3)25-19-12-8-9-13-20(19)27/h5-13,16,21H,4,14-15H2,1-3H3,(H,24,29)(H,26,28). The molecule has 0 radical (unpaired) electrons. The second-order valence-electron chi connectivity index (χ2n) is 7.29. The summed E-state index contributed by atoms with van der Waals surface area (Å²) in [7, 11) is 0. The Hall–Kier alpha value is -3.15. The van der Waals surface area contributed by atoms with Crippen LogP contribution in [0.1, 0.15) is 36.5 Å². The highest BCUT2D eigenvalue weighted by molar-refractivity contribution is 5.97. The molecule has 3 rings (SSSR count). The van der Waals surface area contributed by atoms with E-state index >= 15 is 0 Å². The van der Waals surface area contributed by atoms with E-state index in [1.54, 1.807) is 12.1 Å². The quantitative estimate of drug-likeness (QED) is 0.618. The molecule has 6 heteroatoms. The highest BCUT2D eigenvalue weighted by Gasteiger charge is 2.26. The Kier molecular flexibility index (Phi) is 6.65. The second kappa shape index (κ2) is 9.37. The molecule has 0 aliphatic rings. The first kappa shape index (κ1) is 20.6. The number of imidazole rings is 1. The molecule has 6 nitrogen and oxygen atoms in total. The third kappa shape index (κ3) is 4.83. The normalized spacial score (nSPS) is 13.1. The Morgan fingerprint density at radius 3 is 2.48 bits per heavy atom. The van der Waals surface area contributed by atoms with Gasteiger partial charge in [0.1, 0.15) is 11.9 Å². The first-order valence-electron chi connectivity index (χ1n) is 10.1. The van der Waals surface area contributed by atoms with Crippen LogP contribution in [0.4, 0.5) is 0 Å². The number of rotatable bonds is 8. The first-order chi connectivity index (χ1) is 14.0. The molecule has 152 valence electrons. The van der Waals surface area contributed by atoms with Crippen LogP contribution in [0.5, 0.6) is 0 Å². The van der Waals surface area contributed by atoms with Gasteiger partial charge in [-0.1, -0.05) is 50.6 Å². The van der Waals surface area contributed by atoms with Crippen LogP contribution in [0.15, 0.2) is 54.6 Å². The summed E-state index contributed by atoms with van der Waals surface area (Å²) in [5.74, 6) is 0.544. The Morgan fingerprint density at radius 1 is 1.07 bits per heavy atom. The van der Waals surface area contributed by atoms with Crippen molar-refractivity contribution < 1.29 is 9.59 Å². The van der Waals surface area contributed by atoms with Gasteiger partial charge in [-0.2, -0.15) is 0 Å². The summed E-state index contributed by atoms with van der Waals surface area (Å²) in [6, 6.07) is 16.3. The minimum Gasteiger partial charge on any atom is -0.353 e. The number of nitrogens with one attached hydrogen (secondary N) is 2. The van der Waals surface area contributed by atoms with Gasteiger partial charge in [0.25, 0.3) is 5.91 Å². The van der Waals surface area contributed by atoms with E-state index in [4.69, 9.17) is 0 Å². The van der Waals surface area contributed by atoms with Crippen molar-refractivity contribution in [2.45, 2.75) is 39.8 Å². The summed E-state index contributed by atoms with van der Waals surface area (Å²) in [6.45, 7) is 7.04. The van der Waals surface area contributed by atoms with Crippen molar-refractivity contribution in [1.29, 1.82) is 0 Å². The highest BCUT2D eigenvalue weighted by Crippen LogP contribution is 2.15. The molecule has 0 saturated heterocycles. The summed E-state index contributed by atoms with van der Waals surface area (Å²) in [5, 5.41) is 5.88. The number of para-hydroxylation sites is 2. The number of carbonyl (C=O) groups is 2. The van der Waals surface area contributed by atoms with Gasteiger partial charge < -0.3 is 15.2 Å². The summed E-state index contributed by atoms with van der Waals surface area (Å²) in [6.07, 6.45) is 0.790. The fraction of sp³-hybridized carbons (Fsp3) is 0.348. The van der Waals surface area contributed by atoms with Crippen molar-refractivity contribution in [2.24, 2.45) is 5.92 Å². The monoisotopic (exact) mass is 392 g/mol. The molecule has 0 bridgehead atoms. The van der Waals surface area contributed by atoms with Crippen LogP contribution < -0.4 is 10.6 Å². The fourth-order valence-corrected chi connectivity index (χ4v) is 3.40. The molecular weight excluding hydrogens is 364 g/mol. The maximum absolute atomic E-state index is 12.8. The maximum atomic E-state index is 12.8. The van der Waals surface area contributed by atoms with E-state index in [0.717, 1.165) is 23.3 Å². The van der Waals surface area contributed by atoms with E-state index in [-0.39, 0.29) is 17.7 Å². The molecule has 1 aromatic heterocycles. The molecule has 29 heavy (non-hydrogen) atoms. The number of aryl methyl sites for hydroxylation is 1. The van der Waals surface area contributed by atoms with Gasteiger partial charge in [0.05, 0.1) is 11.0 Å².